The lowest BCUT2D eigenvalue weighted by Gasteiger charge is -2.08. The molecular formula is C21H20O3. The Morgan fingerprint density at radius 1 is 0.875 bits per heavy atom. The van der Waals surface area contributed by atoms with Gasteiger partial charge in [0.05, 0.1) is 11.8 Å². The summed E-state index contributed by atoms with van der Waals surface area (Å²) in [5.74, 6) is -0.386. The van der Waals surface area contributed by atoms with Crippen molar-refractivity contribution >= 4 is 5.97 Å². The Bertz CT molecular complexity index is 689. The summed E-state index contributed by atoms with van der Waals surface area (Å²) in [5, 5.41) is 0. The van der Waals surface area contributed by atoms with Crippen molar-refractivity contribution in [3.05, 3.63) is 108 Å². The lowest BCUT2D eigenvalue weighted by atomic mass is 10.2. The van der Waals surface area contributed by atoms with Crippen LogP contribution in [0.15, 0.2) is 103 Å². The quantitative estimate of drug-likeness (QED) is 0.773. The summed E-state index contributed by atoms with van der Waals surface area (Å²) >= 11 is 0. The van der Waals surface area contributed by atoms with E-state index in [0.29, 0.717) is 5.57 Å². The Hall–Kier alpha value is -3.07. The topological polar surface area (TPSA) is 35.5 Å². The molecule has 1 aliphatic heterocycles. The predicted octanol–water partition coefficient (Wildman–Crippen LogP) is 4.42. The largest absolute Gasteiger partial charge is 0.496 e. The highest BCUT2D eigenvalue weighted by atomic mass is 16.5. The number of carbonyl (C=O) groups excluding carboxylic acids is 1. The van der Waals surface area contributed by atoms with Crippen LogP contribution < -0.4 is 0 Å². The van der Waals surface area contributed by atoms with Gasteiger partial charge in [0.2, 0.25) is 0 Å². The molecule has 3 nitrogen and oxygen atoms in total. The molecule has 0 amide bonds. The van der Waals surface area contributed by atoms with E-state index in [1.807, 2.05) is 72.9 Å². The maximum absolute atomic E-state index is 12.2. The average Bonchev–Trinajstić information content (AvgIpc) is 2.62. The van der Waals surface area contributed by atoms with Crippen LogP contribution in [0.3, 0.4) is 0 Å². The van der Waals surface area contributed by atoms with E-state index in [0.717, 1.165) is 5.56 Å². The fraction of sp³-hybridized carbons (Fsp3) is 0.0952. The molecule has 0 N–H and O–H groups in total. The second-order valence-electron chi connectivity index (χ2n) is 4.93. The summed E-state index contributed by atoms with van der Waals surface area (Å²) in [5.41, 5.74) is 1.40. The average molecular weight is 320 g/mol. The van der Waals surface area contributed by atoms with Crippen LogP contribution in [-0.4, -0.2) is 12.6 Å². The summed E-state index contributed by atoms with van der Waals surface area (Å²) in [6.45, 7) is 0.395. The number of rotatable bonds is 3. The zero-order chi connectivity index (χ0) is 16.9. The molecule has 1 aromatic rings. The number of hydrogen-bond acceptors (Lipinski definition) is 3. The first-order valence-corrected chi connectivity index (χ1v) is 7.71. The molecule has 0 spiro atoms. The zero-order valence-electron chi connectivity index (χ0n) is 13.4. The number of carbonyl (C=O) groups is 1. The minimum Gasteiger partial charge on any atom is -0.496 e. The highest BCUT2D eigenvalue weighted by Gasteiger charge is 2.10. The summed E-state index contributed by atoms with van der Waals surface area (Å²) in [6, 6.07) is 9.58. The molecule has 0 saturated heterocycles. The first-order valence-electron chi connectivity index (χ1n) is 7.71. The molecule has 0 bridgehead atoms. The Kier molecular flexibility index (Phi) is 7.65. The van der Waals surface area contributed by atoms with Gasteiger partial charge in [-0.15, -0.1) is 0 Å². The molecule has 2 rings (SSSR count). The van der Waals surface area contributed by atoms with Gasteiger partial charge in [0.25, 0.3) is 0 Å². The van der Waals surface area contributed by atoms with Crippen molar-refractivity contribution < 1.29 is 14.3 Å². The molecule has 1 aromatic carbocycles. The maximum atomic E-state index is 12.2. The third-order valence-corrected chi connectivity index (χ3v) is 3.07. The molecule has 0 atom stereocenters. The normalized spacial score (nSPS) is 23.4. The highest BCUT2D eigenvalue weighted by molar-refractivity contribution is 5.89. The summed E-state index contributed by atoms with van der Waals surface area (Å²) in [6.07, 6.45) is 20.0. The third-order valence-electron chi connectivity index (χ3n) is 3.07. The van der Waals surface area contributed by atoms with Crippen molar-refractivity contribution in [3.8, 4) is 0 Å². The fourth-order valence-corrected chi connectivity index (χ4v) is 1.85. The van der Waals surface area contributed by atoms with Crippen LogP contribution in [0.4, 0.5) is 0 Å². The Labute approximate surface area is 142 Å². The van der Waals surface area contributed by atoms with Crippen LogP contribution in [-0.2, 0) is 20.9 Å². The molecular weight excluding hydrogens is 300 g/mol. The Morgan fingerprint density at radius 2 is 1.50 bits per heavy atom. The number of ether oxygens (including phenoxy) is 2. The van der Waals surface area contributed by atoms with Crippen LogP contribution in [0, 0.1) is 0 Å². The Balaban J connectivity index is 2.01. The lowest BCUT2D eigenvalue weighted by Crippen LogP contribution is -2.11. The van der Waals surface area contributed by atoms with Crippen molar-refractivity contribution in [1.82, 2.24) is 0 Å². The van der Waals surface area contributed by atoms with Gasteiger partial charge >= 0.3 is 5.97 Å². The van der Waals surface area contributed by atoms with Gasteiger partial charge in [0, 0.05) is 0 Å². The first-order chi connectivity index (χ1) is 11.9. The van der Waals surface area contributed by atoms with Crippen LogP contribution in [0.1, 0.15) is 5.56 Å². The number of esters is 1. The lowest BCUT2D eigenvalue weighted by molar-refractivity contribution is -0.140. The molecule has 0 aromatic heterocycles. The van der Waals surface area contributed by atoms with E-state index >= 15 is 0 Å². The molecule has 0 fully saturated rings. The van der Waals surface area contributed by atoms with Crippen molar-refractivity contribution in [1.29, 1.82) is 0 Å². The van der Waals surface area contributed by atoms with Gasteiger partial charge in [-0.1, -0.05) is 78.9 Å². The van der Waals surface area contributed by atoms with Gasteiger partial charge < -0.3 is 9.47 Å². The van der Waals surface area contributed by atoms with Crippen LogP contribution in [0.25, 0.3) is 0 Å². The van der Waals surface area contributed by atoms with E-state index < -0.39 is 0 Å². The number of benzene rings is 1. The van der Waals surface area contributed by atoms with Crippen LogP contribution >= 0.6 is 0 Å². The predicted molar refractivity (Wildman–Crippen MR) is 96.0 cm³/mol. The van der Waals surface area contributed by atoms with Gasteiger partial charge in [-0.25, -0.2) is 4.79 Å². The van der Waals surface area contributed by atoms with E-state index in [2.05, 4.69) is 0 Å². The molecule has 1 aliphatic rings. The van der Waals surface area contributed by atoms with Gasteiger partial charge in [-0.2, -0.15) is 0 Å². The molecule has 122 valence electrons. The van der Waals surface area contributed by atoms with Crippen LogP contribution in [0.5, 0.6) is 0 Å². The number of allylic oxidation sites excluding steroid dienone is 10. The first kappa shape index (κ1) is 17.3. The zero-order valence-corrected chi connectivity index (χ0v) is 13.4. The second-order valence-corrected chi connectivity index (χ2v) is 4.93. The standard InChI is InChI=1S/C21H20O3/c22-21(24-17-19-13-9-8-10-14-19)20-15-11-6-4-2-1-3-5-7-12-16-23-18-20/h1-16H,17-18H2/b3-1-,4-2-,7-5-,11-6-,16-12-,20-15+. The molecule has 1 heterocycles. The van der Waals surface area contributed by atoms with Gasteiger partial charge in [-0.3, -0.25) is 0 Å². The van der Waals surface area contributed by atoms with E-state index in [9.17, 15) is 4.79 Å². The summed E-state index contributed by atoms with van der Waals surface area (Å²) in [7, 11) is 0. The fourth-order valence-electron chi connectivity index (χ4n) is 1.85. The maximum Gasteiger partial charge on any atom is 0.337 e. The third kappa shape index (κ3) is 6.79. The molecule has 0 radical (unpaired) electrons. The monoisotopic (exact) mass is 320 g/mol. The highest BCUT2D eigenvalue weighted by Crippen LogP contribution is 2.06. The SMILES string of the molecule is O=C(OCc1ccccc1)/C1=C/C=C\C=C/C=C\C=C/C=C\OC1. The summed E-state index contributed by atoms with van der Waals surface area (Å²) in [4.78, 5) is 12.2. The van der Waals surface area contributed by atoms with E-state index in [1.165, 1.54) is 0 Å². The summed E-state index contributed by atoms with van der Waals surface area (Å²) < 4.78 is 10.7. The number of hydrogen-bond donors (Lipinski definition) is 0. The smallest absolute Gasteiger partial charge is 0.337 e. The molecule has 0 saturated carbocycles. The van der Waals surface area contributed by atoms with Crippen molar-refractivity contribution in [2.45, 2.75) is 6.61 Å². The Morgan fingerprint density at radius 3 is 2.21 bits per heavy atom. The van der Waals surface area contributed by atoms with Crippen molar-refractivity contribution in [2.24, 2.45) is 0 Å². The minimum atomic E-state index is -0.386. The van der Waals surface area contributed by atoms with Gasteiger partial charge in [-0.05, 0) is 17.7 Å². The molecule has 3 heteroatoms. The van der Waals surface area contributed by atoms with Crippen molar-refractivity contribution in [2.75, 3.05) is 6.61 Å². The second kappa shape index (κ2) is 10.6. The van der Waals surface area contributed by atoms with Gasteiger partial charge in [0.1, 0.15) is 13.2 Å². The van der Waals surface area contributed by atoms with E-state index in [-0.39, 0.29) is 19.2 Å². The molecule has 0 unspecified atom stereocenters. The van der Waals surface area contributed by atoms with E-state index in [1.54, 1.807) is 24.5 Å². The van der Waals surface area contributed by atoms with Crippen LogP contribution in [0.2, 0.25) is 0 Å². The minimum absolute atomic E-state index is 0.155. The molecule has 24 heavy (non-hydrogen) atoms. The van der Waals surface area contributed by atoms with Gasteiger partial charge in [0.15, 0.2) is 0 Å². The van der Waals surface area contributed by atoms with E-state index in [4.69, 9.17) is 9.47 Å². The van der Waals surface area contributed by atoms with Crippen molar-refractivity contribution in [3.63, 3.8) is 0 Å². The molecule has 0 aliphatic carbocycles.